The minimum absolute atomic E-state index is 0.00772. The topological polar surface area (TPSA) is 70.7 Å². The normalized spacial score (nSPS) is 21.2. The molecule has 1 aromatic heterocycles. The molecule has 1 N–H and O–H groups in total. The fourth-order valence-corrected chi connectivity index (χ4v) is 3.78. The molecule has 2 aliphatic rings. The number of hydrogen-bond donors (Lipinski definition) is 1. The average Bonchev–Trinajstić information content (AvgIpc) is 2.95. The second kappa shape index (κ2) is 5.28. The van der Waals surface area contributed by atoms with Crippen molar-refractivity contribution in [3.05, 3.63) is 58.7 Å². The van der Waals surface area contributed by atoms with Gasteiger partial charge in [0.2, 0.25) is 0 Å². The summed E-state index contributed by atoms with van der Waals surface area (Å²) >= 11 is 0. The van der Waals surface area contributed by atoms with Crippen molar-refractivity contribution < 1.29 is 9.18 Å². The predicted octanol–water partition coefficient (Wildman–Crippen LogP) is 3.55. The third-order valence-corrected chi connectivity index (χ3v) is 4.82. The largest absolute Gasteiger partial charge is 0.342 e. The molecule has 1 aliphatic carbocycles. The van der Waals surface area contributed by atoms with E-state index in [0.717, 1.165) is 5.70 Å². The molecule has 0 radical (unpaired) electrons. The number of carbonyl (C=O) groups is 1. The lowest BCUT2D eigenvalue weighted by molar-refractivity contribution is -0.118. The maximum atomic E-state index is 14.5. The quantitative estimate of drug-likeness (QED) is 0.864. The summed E-state index contributed by atoms with van der Waals surface area (Å²) in [7, 11) is 0. The first-order valence-electron chi connectivity index (χ1n) is 8.16. The van der Waals surface area contributed by atoms with Gasteiger partial charge in [0.15, 0.2) is 5.78 Å². The van der Waals surface area contributed by atoms with Gasteiger partial charge in [-0.2, -0.15) is 10.4 Å². The van der Waals surface area contributed by atoms with Crippen molar-refractivity contribution in [1.29, 1.82) is 5.26 Å². The van der Waals surface area contributed by atoms with Crippen molar-refractivity contribution >= 4 is 11.6 Å². The number of nitrogens with zero attached hydrogens (tertiary/aromatic N) is 3. The fraction of sp³-hybridized carbons (Fsp3) is 0.316. The van der Waals surface area contributed by atoms with E-state index < -0.39 is 6.04 Å². The summed E-state index contributed by atoms with van der Waals surface area (Å²) in [4.78, 5) is 12.9. The monoisotopic (exact) mass is 336 g/mol. The van der Waals surface area contributed by atoms with Gasteiger partial charge in [-0.3, -0.25) is 4.79 Å². The van der Waals surface area contributed by atoms with Crippen LogP contribution in [0.15, 0.2) is 41.7 Å². The lowest BCUT2D eigenvalue weighted by Gasteiger charge is -2.38. The first-order chi connectivity index (χ1) is 11.9. The van der Waals surface area contributed by atoms with Crippen LogP contribution in [0.5, 0.6) is 0 Å². The molecule has 1 aromatic carbocycles. The molecular formula is C19H17FN4O. The van der Waals surface area contributed by atoms with Gasteiger partial charge in [-0.05, 0) is 17.9 Å². The number of hydrogen-bond acceptors (Lipinski definition) is 4. The zero-order valence-electron chi connectivity index (χ0n) is 14.0. The number of benzene rings is 1. The summed E-state index contributed by atoms with van der Waals surface area (Å²) in [5.41, 5.74) is 1.89. The molecule has 2 aromatic rings. The van der Waals surface area contributed by atoms with Gasteiger partial charge in [0, 0.05) is 23.3 Å². The number of carbonyl (C=O) groups excluding carboxylic acids is 1. The van der Waals surface area contributed by atoms with Crippen LogP contribution in [0.25, 0.3) is 0 Å². The molecule has 0 fully saturated rings. The Kier molecular flexibility index (Phi) is 3.29. The Morgan fingerprint density at radius 3 is 2.84 bits per heavy atom. The molecule has 0 bridgehead atoms. The summed E-state index contributed by atoms with van der Waals surface area (Å²) in [6, 6.07) is 7.85. The maximum absolute atomic E-state index is 14.5. The Labute approximate surface area is 144 Å². The van der Waals surface area contributed by atoms with E-state index in [-0.39, 0.29) is 17.0 Å². The molecule has 126 valence electrons. The zero-order valence-corrected chi connectivity index (χ0v) is 14.0. The smallest absolute Gasteiger partial charge is 0.163 e. The highest BCUT2D eigenvalue weighted by molar-refractivity contribution is 6.00. The highest BCUT2D eigenvalue weighted by Gasteiger charge is 2.42. The van der Waals surface area contributed by atoms with Crippen molar-refractivity contribution in [2.45, 2.75) is 32.7 Å². The van der Waals surface area contributed by atoms with E-state index in [9.17, 15) is 14.4 Å². The Hall–Kier alpha value is -2.94. The number of fused-ring (bicyclic) bond motifs is 1. The van der Waals surface area contributed by atoms with Crippen LogP contribution in [0.2, 0.25) is 0 Å². The van der Waals surface area contributed by atoms with Gasteiger partial charge in [0.1, 0.15) is 29.3 Å². The summed E-state index contributed by atoms with van der Waals surface area (Å²) in [5, 5.41) is 16.8. The molecule has 6 heteroatoms. The molecule has 1 unspecified atom stereocenters. The van der Waals surface area contributed by atoms with E-state index >= 15 is 0 Å². The molecule has 4 rings (SSSR count). The van der Waals surface area contributed by atoms with E-state index in [0.29, 0.717) is 35.4 Å². The van der Waals surface area contributed by atoms with Gasteiger partial charge in [-0.1, -0.05) is 32.0 Å². The van der Waals surface area contributed by atoms with E-state index in [4.69, 9.17) is 0 Å². The Balaban J connectivity index is 1.98. The molecule has 1 aliphatic heterocycles. The van der Waals surface area contributed by atoms with Crippen molar-refractivity contribution in [1.82, 2.24) is 9.78 Å². The van der Waals surface area contributed by atoms with Crippen LogP contribution in [0.1, 0.15) is 43.9 Å². The number of nitriles is 1. The molecule has 5 nitrogen and oxygen atoms in total. The molecule has 0 spiro atoms. The second-order valence-corrected chi connectivity index (χ2v) is 7.35. The number of anilines is 1. The van der Waals surface area contributed by atoms with Crippen molar-refractivity contribution in [3.8, 4) is 6.07 Å². The third-order valence-electron chi connectivity index (χ3n) is 4.82. The number of rotatable bonds is 1. The fourth-order valence-electron chi connectivity index (χ4n) is 3.78. The first-order valence-corrected chi connectivity index (χ1v) is 8.16. The van der Waals surface area contributed by atoms with Crippen molar-refractivity contribution in [2.75, 3.05) is 5.32 Å². The summed E-state index contributed by atoms with van der Waals surface area (Å²) in [6.07, 6.45) is 2.51. The van der Waals surface area contributed by atoms with Crippen LogP contribution >= 0.6 is 0 Å². The highest BCUT2D eigenvalue weighted by atomic mass is 19.1. The van der Waals surface area contributed by atoms with E-state index in [1.807, 2.05) is 13.8 Å². The van der Waals surface area contributed by atoms with Gasteiger partial charge in [0.05, 0.1) is 6.20 Å². The Morgan fingerprint density at radius 2 is 2.12 bits per heavy atom. The van der Waals surface area contributed by atoms with Crippen LogP contribution in [0.4, 0.5) is 10.2 Å². The number of allylic oxidation sites excluding steroid dienone is 2. The molecule has 2 heterocycles. The summed E-state index contributed by atoms with van der Waals surface area (Å²) in [5.74, 6) is 0.116. The zero-order chi connectivity index (χ0) is 17.8. The number of ketones is 1. The number of halogens is 1. The third kappa shape index (κ3) is 2.35. The van der Waals surface area contributed by atoms with E-state index in [1.54, 1.807) is 22.9 Å². The van der Waals surface area contributed by atoms with Crippen LogP contribution < -0.4 is 5.32 Å². The summed E-state index contributed by atoms with van der Waals surface area (Å²) in [6.45, 7) is 4.07. The summed E-state index contributed by atoms with van der Waals surface area (Å²) < 4.78 is 16.1. The van der Waals surface area contributed by atoms with Crippen LogP contribution in [-0.2, 0) is 4.79 Å². The molecule has 1 atom stereocenters. The minimum atomic E-state index is -0.654. The number of Topliss-reactive ketones (excluding diaryl/α,β-unsaturated/α-hetero) is 1. The van der Waals surface area contributed by atoms with Gasteiger partial charge < -0.3 is 5.32 Å². The van der Waals surface area contributed by atoms with Crippen molar-refractivity contribution in [2.24, 2.45) is 5.41 Å². The van der Waals surface area contributed by atoms with Crippen LogP contribution in [-0.4, -0.2) is 15.6 Å². The number of nitrogens with one attached hydrogen (secondary N) is 1. The predicted molar refractivity (Wildman–Crippen MR) is 90.2 cm³/mol. The van der Waals surface area contributed by atoms with Gasteiger partial charge in [-0.25, -0.2) is 9.07 Å². The molecule has 0 saturated carbocycles. The highest BCUT2D eigenvalue weighted by Crippen LogP contribution is 2.46. The molecule has 25 heavy (non-hydrogen) atoms. The van der Waals surface area contributed by atoms with E-state index in [1.165, 1.54) is 12.3 Å². The van der Waals surface area contributed by atoms with Crippen LogP contribution in [0, 0.1) is 22.6 Å². The van der Waals surface area contributed by atoms with Gasteiger partial charge in [-0.15, -0.1) is 0 Å². The van der Waals surface area contributed by atoms with Crippen molar-refractivity contribution in [3.63, 3.8) is 0 Å². The maximum Gasteiger partial charge on any atom is 0.163 e. The van der Waals surface area contributed by atoms with Crippen LogP contribution in [0.3, 0.4) is 0 Å². The van der Waals surface area contributed by atoms with E-state index in [2.05, 4.69) is 16.5 Å². The average molecular weight is 336 g/mol. The van der Waals surface area contributed by atoms with Gasteiger partial charge >= 0.3 is 0 Å². The SMILES string of the molecule is CC1(C)CC(=O)C2=C(C1)Nc1c(C#N)cnn1C2c1ccccc1F. The number of aromatic nitrogens is 2. The Morgan fingerprint density at radius 1 is 1.36 bits per heavy atom. The lowest BCUT2D eigenvalue weighted by Crippen LogP contribution is -2.36. The lowest BCUT2D eigenvalue weighted by atomic mass is 9.73. The standard InChI is InChI=1S/C19H17FN4O/c1-19(2)7-14-16(15(25)8-19)17(12-5-3-4-6-13(12)20)24-18(23-14)11(9-21)10-22-24/h3-6,10,17,23H,7-8H2,1-2H3. The minimum Gasteiger partial charge on any atom is -0.342 e. The second-order valence-electron chi connectivity index (χ2n) is 7.35. The van der Waals surface area contributed by atoms with Gasteiger partial charge in [0.25, 0.3) is 0 Å². The first kappa shape index (κ1) is 15.6. The Bertz CT molecular complexity index is 964. The molecule has 0 saturated heterocycles. The molecular weight excluding hydrogens is 319 g/mol. The molecule has 0 amide bonds.